The molecule has 0 spiro atoms. The highest BCUT2D eigenvalue weighted by atomic mass is 16.2. The number of nitrogens with zero attached hydrogens (tertiary/aromatic N) is 2. The van der Waals surface area contributed by atoms with Gasteiger partial charge in [-0.2, -0.15) is 0 Å². The van der Waals surface area contributed by atoms with Crippen LogP contribution >= 0.6 is 0 Å². The molecule has 0 unspecified atom stereocenters. The van der Waals surface area contributed by atoms with Crippen LogP contribution in [0.5, 0.6) is 0 Å². The third-order valence-electron chi connectivity index (χ3n) is 2.57. The fourth-order valence-corrected chi connectivity index (χ4v) is 1.79. The first-order chi connectivity index (χ1) is 9.94. The Morgan fingerprint density at radius 2 is 1.14 bits per heavy atom. The van der Waals surface area contributed by atoms with Crippen molar-refractivity contribution in [3.63, 3.8) is 0 Å². The molecule has 0 fully saturated rings. The van der Waals surface area contributed by atoms with E-state index in [4.69, 9.17) is 0 Å². The number of carbonyl (C=O) groups excluding carboxylic acids is 2. The fourth-order valence-electron chi connectivity index (χ4n) is 1.79. The first kappa shape index (κ1) is 18.1. The van der Waals surface area contributed by atoms with E-state index in [1.165, 1.54) is 12.4 Å². The molecule has 1 heterocycles. The van der Waals surface area contributed by atoms with E-state index in [9.17, 15) is 9.59 Å². The van der Waals surface area contributed by atoms with Gasteiger partial charge in [0.2, 0.25) is 11.8 Å². The predicted octanol–water partition coefficient (Wildman–Crippen LogP) is 3.23. The van der Waals surface area contributed by atoms with Gasteiger partial charge < -0.3 is 10.6 Å². The van der Waals surface area contributed by atoms with Gasteiger partial charge >= 0.3 is 0 Å². The van der Waals surface area contributed by atoms with Crippen LogP contribution in [0.2, 0.25) is 0 Å². The first-order valence-corrected chi connectivity index (χ1v) is 7.36. The van der Waals surface area contributed by atoms with Gasteiger partial charge in [0, 0.05) is 12.8 Å². The first-order valence-electron chi connectivity index (χ1n) is 7.36. The molecule has 2 amide bonds. The Morgan fingerprint density at radius 1 is 0.818 bits per heavy atom. The third-order valence-corrected chi connectivity index (χ3v) is 2.57. The molecule has 22 heavy (non-hydrogen) atoms. The number of amides is 2. The Labute approximate surface area is 132 Å². The monoisotopic (exact) mass is 306 g/mol. The molecule has 0 atom stereocenters. The summed E-state index contributed by atoms with van der Waals surface area (Å²) in [5.74, 6) is 0.545. The second kappa shape index (κ2) is 6.85. The summed E-state index contributed by atoms with van der Waals surface area (Å²) < 4.78 is 0. The number of rotatable bonds is 4. The van der Waals surface area contributed by atoms with Crippen molar-refractivity contribution in [3.8, 4) is 0 Å². The van der Waals surface area contributed by atoms with Crippen molar-refractivity contribution in [2.75, 3.05) is 10.6 Å². The number of anilines is 2. The number of aromatic nitrogens is 2. The molecule has 6 heteroatoms. The summed E-state index contributed by atoms with van der Waals surface area (Å²) in [5.41, 5.74) is -0.170. The van der Waals surface area contributed by atoms with Gasteiger partial charge in [-0.15, -0.1) is 0 Å². The van der Waals surface area contributed by atoms with Crippen LogP contribution in [0.3, 0.4) is 0 Å². The van der Waals surface area contributed by atoms with Crippen molar-refractivity contribution in [2.45, 2.75) is 54.4 Å². The van der Waals surface area contributed by atoms with Gasteiger partial charge in [-0.1, -0.05) is 41.5 Å². The van der Waals surface area contributed by atoms with Crippen molar-refractivity contribution in [2.24, 2.45) is 10.8 Å². The zero-order valence-corrected chi connectivity index (χ0v) is 14.3. The molecule has 0 saturated heterocycles. The minimum absolute atomic E-state index is 0.0849. The summed E-state index contributed by atoms with van der Waals surface area (Å²) >= 11 is 0. The molecule has 0 radical (unpaired) electrons. The predicted molar refractivity (Wildman–Crippen MR) is 87.4 cm³/mol. The maximum absolute atomic E-state index is 11.8. The average molecular weight is 306 g/mol. The molecule has 1 rings (SSSR count). The zero-order chi connectivity index (χ0) is 17.0. The summed E-state index contributed by atoms with van der Waals surface area (Å²) in [5, 5.41) is 5.38. The molecule has 6 nitrogen and oxygen atoms in total. The Morgan fingerprint density at radius 3 is 1.36 bits per heavy atom. The second-order valence-electron chi connectivity index (χ2n) is 7.86. The fraction of sp³-hybridized carbons (Fsp3) is 0.625. The minimum Gasteiger partial charge on any atom is -0.309 e. The lowest BCUT2D eigenvalue weighted by Crippen LogP contribution is -2.21. The highest BCUT2D eigenvalue weighted by Crippen LogP contribution is 2.20. The molecule has 1 aromatic heterocycles. The summed E-state index contributed by atoms with van der Waals surface area (Å²) in [4.78, 5) is 31.8. The molecular weight excluding hydrogens is 280 g/mol. The van der Waals surface area contributed by atoms with E-state index in [2.05, 4.69) is 20.6 Å². The highest BCUT2D eigenvalue weighted by molar-refractivity contribution is 5.91. The minimum atomic E-state index is -0.105. The van der Waals surface area contributed by atoms with Crippen molar-refractivity contribution >= 4 is 23.5 Å². The summed E-state index contributed by atoms with van der Waals surface area (Å²) in [6.07, 6.45) is 3.68. The van der Waals surface area contributed by atoms with Crippen LogP contribution in [0, 0.1) is 10.8 Å². The topological polar surface area (TPSA) is 84.0 Å². The molecule has 0 aliphatic carbocycles. The van der Waals surface area contributed by atoms with Crippen LogP contribution < -0.4 is 10.6 Å². The molecule has 0 saturated carbocycles. The molecule has 0 aliphatic rings. The Balaban J connectivity index is 2.56. The van der Waals surface area contributed by atoms with Gasteiger partial charge in [0.1, 0.15) is 0 Å². The summed E-state index contributed by atoms with van der Waals surface area (Å²) in [7, 11) is 0. The van der Waals surface area contributed by atoms with Gasteiger partial charge in [-0.3, -0.25) is 9.59 Å². The van der Waals surface area contributed by atoms with Gasteiger partial charge in [-0.25, -0.2) is 9.97 Å². The van der Waals surface area contributed by atoms with E-state index in [0.29, 0.717) is 24.5 Å². The number of carbonyl (C=O) groups is 2. The Hall–Kier alpha value is -1.98. The SMILES string of the molecule is CC(C)(C)CC(=O)Nc1cnc(NC(=O)CC(C)(C)C)cn1. The van der Waals surface area contributed by atoms with E-state index >= 15 is 0 Å². The maximum Gasteiger partial charge on any atom is 0.226 e. The third kappa shape index (κ3) is 7.71. The molecule has 0 aromatic carbocycles. The van der Waals surface area contributed by atoms with Gasteiger partial charge in [0.25, 0.3) is 0 Å². The average Bonchev–Trinajstić information content (AvgIpc) is 2.26. The zero-order valence-electron chi connectivity index (χ0n) is 14.3. The molecular formula is C16H26N4O2. The van der Waals surface area contributed by atoms with E-state index in [0.717, 1.165) is 0 Å². The van der Waals surface area contributed by atoms with Crippen molar-refractivity contribution in [1.29, 1.82) is 0 Å². The lowest BCUT2D eigenvalue weighted by molar-refractivity contribution is -0.118. The lowest BCUT2D eigenvalue weighted by Gasteiger charge is -2.17. The van der Waals surface area contributed by atoms with E-state index in [1.807, 2.05) is 41.5 Å². The van der Waals surface area contributed by atoms with Gasteiger partial charge in [-0.05, 0) is 10.8 Å². The number of hydrogen-bond acceptors (Lipinski definition) is 4. The standard InChI is InChI=1S/C16H26N4O2/c1-15(2,3)7-13(21)19-11-9-18-12(10-17-11)20-14(22)8-16(4,5)6/h9-10H,7-8H2,1-6H3,(H,17,19,21)(H,18,20,22). The van der Waals surface area contributed by atoms with Gasteiger partial charge in [0.15, 0.2) is 11.6 Å². The Bertz CT molecular complexity index is 476. The van der Waals surface area contributed by atoms with Crippen LogP contribution in [0.4, 0.5) is 11.6 Å². The van der Waals surface area contributed by atoms with Crippen LogP contribution in [0.1, 0.15) is 54.4 Å². The van der Waals surface area contributed by atoms with E-state index < -0.39 is 0 Å². The van der Waals surface area contributed by atoms with Crippen LogP contribution in [0.25, 0.3) is 0 Å². The molecule has 0 aliphatic heterocycles. The highest BCUT2D eigenvalue weighted by Gasteiger charge is 2.17. The smallest absolute Gasteiger partial charge is 0.226 e. The van der Waals surface area contributed by atoms with Gasteiger partial charge in [0.05, 0.1) is 12.4 Å². The summed E-state index contributed by atoms with van der Waals surface area (Å²) in [6, 6.07) is 0. The second-order valence-corrected chi connectivity index (χ2v) is 7.86. The summed E-state index contributed by atoms with van der Waals surface area (Å²) in [6.45, 7) is 12.0. The van der Waals surface area contributed by atoms with E-state index in [1.54, 1.807) is 0 Å². The van der Waals surface area contributed by atoms with Crippen LogP contribution in [-0.2, 0) is 9.59 Å². The molecule has 2 N–H and O–H groups in total. The largest absolute Gasteiger partial charge is 0.309 e. The van der Waals surface area contributed by atoms with Crippen molar-refractivity contribution in [3.05, 3.63) is 12.4 Å². The van der Waals surface area contributed by atoms with Crippen molar-refractivity contribution in [1.82, 2.24) is 9.97 Å². The van der Waals surface area contributed by atoms with Crippen LogP contribution in [-0.4, -0.2) is 21.8 Å². The molecule has 122 valence electrons. The maximum atomic E-state index is 11.8. The quantitative estimate of drug-likeness (QED) is 0.894. The van der Waals surface area contributed by atoms with E-state index in [-0.39, 0.29) is 22.6 Å². The normalized spacial score (nSPS) is 11.9. The number of nitrogens with one attached hydrogen (secondary N) is 2. The van der Waals surface area contributed by atoms with Crippen LogP contribution in [0.15, 0.2) is 12.4 Å². The van der Waals surface area contributed by atoms with Crippen molar-refractivity contribution < 1.29 is 9.59 Å². The lowest BCUT2D eigenvalue weighted by atomic mass is 9.92. The number of hydrogen-bond donors (Lipinski definition) is 2. The Kier molecular flexibility index (Phi) is 5.63. The molecule has 0 bridgehead atoms. The molecule has 1 aromatic rings.